The van der Waals surface area contributed by atoms with Crippen molar-refractivity contribution in [3.8, 4) is 0 Å². The zero-order valence-corrected chi connectivity index (χ0v) is 12.8. The first-order chi connectivity index (χ1) is 10.9. The number of amides is 3. The molecule has 124 valence electrons. The van der Waals surface area contributed by atoms with E-state index in [0.29, 0.717) is 18.4 Å². The molecule has 0 atom stereocenters. The number of urea groups is 1. The molecule has 1 fully saturated rings. The quantitative estimate of drug-likeness (QED) is 0.655. The van der Waals surface area contributed by atoms with E-state index in [1.807, 2.05) is 0 Å². The highest BCUT2D eigenvalue weighted by molar-refractivity contribution is 5.97. The van der Waals surface area contributed by atoms with Crippen LogP contribution in [0.1, 0.15) is 48.0 Å². The number of carboxylic acids is 1. The number of carbonyl (C=O) groups is 3. The fraction of sp³-hybridized carbons (Fsp3) is 0.438. The van der Waals surface area contributed by atoms with Crippen molar-refractivity contribution in [3.63, 3.8) is 0 Å². The smallest absolute Gasteiger partial charge is 0.329 e. The Hall–Kier alpha value is -2.57. The molecule has 0 heterocycles. The standard InChI is InChI=1S/C16H21N3O4/c17-15(23)18-10-11-4-6-12(7-5-11)13(20)19-16(14(21)22)8-2-1-3-9-16/h4-7H,1-3,8-10H2,(H,19,20)(H,21,22)(H3,17,18,23). The van der Waals surface area contributed by atoms with Crippen molar-refractivity contribution in [1.29, 1.82) is 0 Å². The number of carboxylic acid groups (broad SMARTS) is 1. The minimum atomic E-state index is -1.17. The van der Waals surface area contributed by atoms with Gasteiger partial charge in [0.1, 0.15) is 5.54 Å². The van der Waals surface area contributed by atoms with Crippen LogP contribution in [0.2, 0.25) is 0 Å². The maximum atomic E-state index is 12.3. The monoisotopic (exact) mass is 319 g/mol. The third-order valence-electron chi connectivity index (χ3n) is 4.15. The Labute approximate surface area is 134 Å². The van der Waals surface area contributed by atoms with E-state index in [1.165, 1.54) is 0 Å². The summed E-state index contributed by atoms with van der Waals surface area (Å²) in [6.45, 7) is 0.274. The molecule has 3 amide bonds. The minimum absolute atomic E-state index is 0.274. The van der Waals surface area contributed by atoms with Crippen molar-refractivity contribution in [2.75, 3.05) is 0 Å². The molecule has 1 aromatic rings. The van der Waals surface area contributed by atoms with Crippen LogP contribution in [0.4, 0.5) is 4.79 Å². The number of benzene rings is 1. The van der Waals surface area contributed by atoms with E-state index in [2.05, 4.69) is 10.6 Å². The lowest BCUT2D eigenvalue weighted by Gasteiger charge is -2.34. The maximum Gasteiger partial charge on any atom is 0.329 e. The van der Waals surface area contributed by atoms with Gasteiger partial charge >= 0.3 is 12.0 Å². The van der Waals surface area contributed by atoms with Gasteiger partial charge in [-0.15, -0.1) is 0 Å². The zero-order valence-electron chi connectivity index (χ0n) is 12.8. The summed E-state index contributed by atoms with van der Waals surface area (Å²) in [7, 11) is 0. The number of carbonyl (C=O) groups excluding carboxylic acids is 2. The molecule has 0 radical (unpaired) electrons. The van der Waals surface area contributed by atoms with Crippen LogP contribution in [0.3, 0.4) is 0 Å². The molecule has 2 rings (SSSR count). The number of nitrogens with one attached hydrogen (secondary N) is 2. The molecule has 1 aliphatic rings. The Balaban J connectivity index is 2.04. The van der Waals surface area contributed by atoms with Crippen molar-refractivity contribution in [3.05, 3.63) is 35.4 Å². The van der Waals surface area contributed by atoms with Crippen LogP contribution < -0.4 is 16.4 Å². The van der Waals surface area contributed by atoms with E-state index in [1.54, 1.807) is 24.3 Å². The zero-order chi connectivity index (χ0) is 16.9. The van der Waals surface area contributed by atoms with Gasteiger partial charge < -0.3 is 21.5 Å². The lowest BCUT2D eigenvalue weighted by Crippen LogP contribution is -2.55. The molecule has 0 aromatic heterocycles. The molecule has 0 bridgehead atoms. The summed E-state index contributed by atoms with van der Waals surface area (Å²) in [6.07, 6.45) is 3.49. The predicted octanol–water partition coefficient (Wildman–Crippen LogP) is 1.37. The second-order valence-electron chi connectivity index (χ2n) is 5.82. The van der Waals surface area contributed by atoms with E-state index in [4.69, 9.17) is 5.73 Å². The van der Waals surface area contributed by atoms with Crippen LogP contribution in [0.5, 0.6) is 0 Å². The lowest BCUT2D eigenvalue weighted by atomic mass is 9.81. The van der Waals surface area contributed by atoms with Gasteiger partial charge in [-0.25, -0.2) is 9.59 Å². The van der Waals surface area contributed by atoms with Gasteiger partial charge in [-0.2, -0.15) is 0 Å². The molecule has 5 N–H and O–H groups in total. The molecule has 0 saturated heterocycles. The molecule has 1 saturated carbocycles. The molecular weight excluding hydrogens is 298 g/mol. The maximum absolute atomic E-state index is 12.3. The fourth-order valence-electron chi connectivity index (χ4n) is 2.80. The first kappa shape index (κ1) is 16.8. The summed E-state index contributed by atoms with van der Waals surface area (Å²) >= 11 is 0. The van der Waals surface area contributed by atoms with Crippen molar-refractivity contribution in [1.82, 2.24) is 10.6 Å². The Morgan fingerprint density at radius 1 is 1.09 bits per heavy atom. The van der Waals surface area contributed by atoms with E-state index in [-0.39, 0.29) is 6.54 Å². The number of hydrogen-bond donors (Lipinski definition) is 4. The van der Waals surface area contributed by atoms with Gasteiger partial charge in [0.15, 0.2) is 0 Å². The summed E-state index contributed by atoms with van der Waals surface area (Å²) in [5, 5.41) is 14.6. The number of rotatable bonds is 5. The van der Waals surface area contributed by atoms with Gasteiger partial charge in [-0.05, 0) is 30.5 Å². The number of primary amides is 1. The minimum Gasteiger partial charge on any atom is -0.480 e. The highest BCUT2D eigenvalue weighted by Crippen LogP contribution is 2.28. The summed E-state index contributed by atoms with van der Waals surface area (Å²) in [4.78, 5) is 34.6. The normalized spacial score (nSPS) is 16.3. The van der Waals surface area contributed by atoms with Gasteiger partial charge in [0.25, 0.3) is 5.91 Å². The third-order valence-corrected chi connectivity index (χ3v) is 4.15. The average molecular weight is 319 g/mol. The van der Waals surface area contributed by atoms with Crippen molar-refractivity contribution < 1.29 is 19.5 Å². The Morgan fingerprint density at radius 3 is 2.22 bits per heavy atom. The first-order valence-electron chi connectivity index (χ1n) is 7.61. The van der Waals surface area contributed by atoms with E-state index >= 15 is 0 Å². The van der Waals surface area contributed by atoms with Crippen LogP contribution >= 0.6 is 0 Å². The van der Waals surface area contributed by atoms with Crippen LogP contribution in [0.15, 0.2) is 24.3 Å². The van der Waals surface area contributed by atoms with Crippen LogP contribution in [0.25, 0.3) is 0 Å². The van der Waals surface area contributed by atoms with Gasteiger partial charge in [0.05, 0.1) is 0 Å². The third kappa shape index (κ3) is 4.21. The molecular formula is C16H21N3O4. The number of aliphatic carboxylic acids is 1. The molecule has 7 nitrogen and oxygen atoms in total. The molecule has 0 unspecified atom stereocenters. The summed E-state index contributed by atoms with van der Waals surface area (Å²) in [5.41, 5.74) is 5.02. The molecule has 0 spiro atoms. The predicted molar refractivity (Wildman–Crippen MR) is 83.8 cm³/mol. The largest absolute Gasteiger partial charge is 0.480 e. The molecule has 1 aromatic carbocycles. The number of nitrogens with two attached hydrogens (primary N) is 1. The Kier molecular flexibility index (Phi) is 5.20. The fourth-order valence-corrected chi connectivity index (χ4v) is 2.80. The summed E-state index contributed by atoms with van der Waals surface area (Å²) in [5.74, 6) is -1.38. The van der Waals surface area contributed by atoms with Gasteiger partial charge in [-0.1, -0.05) is 31.4 Å². The Morgan fingerprint density at radius 2 is 1.70 bits per heavy atom. The molecule has 0 aliphatic heterocycles. The summed E-state index contributed by atoms with van der Waals surface area (Å²) in [6, 6.07) is 5.97. The van der Waals surface area contributed by atoms with Crippen LogP contribution in [0, 0.1) is 0 Å². The molecule has 7 heteroatoms. The van der Waals surface area contributed by atoms with Gasteiger partial charge in [0, 0.05) is 12.1 Å². The molecule has 1 aliphatic carbocycles. The van der Waals surface area contributed by atoms with Crippen LogP contribution in [-0.4, -0.2) is 28.6 Å². The highest BCUT2D eigenvalue weighted by Gasteiger charge is 2.41. The summed E-state index contributed by atoms with van der Waals surface area (Å²) < 4.78 is 0. The van der Waals surface area contributed by atoms with Crippen LogP contribution in [-0.2, 0) is 11.3 Å². The van der Waals surface area contributed by atoms with E-state index < -0.39 is 23.4 Å². The van der Waals surface area contributed by atoms with Gasteiger partial charge in [-0.3, -0.25) is 4.79 Å². The SMILES string of the molecule is NC(=O)NCc1ccc(C(=O)NC2(C(=O)O)CCCCC2)cc1. The molecule has 23 heavy (non-hydrogen) atoms. The second-order valence-corrected chi connectivity index (χ2v) is 5.82. The van der Waals surface area contributed by atoms with Crippen molar-refractivity contribution >= 4 is 17.9 Å². The Bertz CT molecular complexity index is 592. The average Bonchev–Trinajstić information content (AvgIpc) is 2.54. The van der Waals surface area contributed by atoms with E-state index in [0.717, 1.165) is 24.8 Å². The first-order valence-corrected chi connectivity index (χ1v) is 7.61. The topological polar surface area (TPSA) is 122 Å². The van der Waals surface area contributed by atoms with E-state index in [9.17, 15) is 19.5 Å². The second kappa shape index (κ2) is 7.13. The van der Waals surface area contributed by atoms with Crippen molar-refractivity contribution in [2.24, 2.45) is 5.73 Å². The lowest BCUT2D eigenvalue weighted by molar-refractivity contribution is -0.145. The highest BCUT2D eigenvalue weighted by atomic mass is 16.4. The van der Waals surface area contributed by atoms with Gasteiger partial charge in [0.2, 0.25) is 0 Å². The number of hydrogen-bond acceptors (Lipinski definition) is 3. The van der Waals surface area contributed by atoms with Crippen molar-refractivity contribution in [2.45, 2.75) is 44.2 Å².